The number of morpholine rings is 1. The summed E-state index contributed by atoms with van der Waals surface area (Å²) in [5.41, 5.74) is 1.67. The molecule has 0 unspecified atom stereocenters. The van der Waals surface area contributed by atoms with E-state index < -0.39 is 11.6 Å². The molecule has 5 nitrogen and oxygen atoms in total. The van der Waals surface area contributed by atoms with Crippen LogP contribution >= 0.6 is 0 Å². The Bertz CT molecular complexity index is 972. The molecule has 0 radical (unpaired) electrons. The second kappa shape index (κ2) is 10.3. The Morgan fingerprint density at radius 2 is 1.61 bits per heavy atom. The van der Waals surface area contributed by atoms with E-state index >= 15 is 0 Å². The highest BCUT2D eigenvalue weighted by molar-refractivity contribution is 5.64. The third-order valence-corrected chi connectivity index (χ3v) is 5.13. The lowest BCUT2D eigenvalue weighted by Crippen LogP contribution is -2.38. The minimum Gasteiger partial charge on any atom is -0.492 e. The SMILES string of the molecule is Fc1cccc(F)c1COc1cncc(-c2ccc(OCCN3CCOCC3)cc2)c1. The lowest BCUT2D eigenvalue weighted by atomic mass is 10.1. The number of rotatable bonds is 8. The fourth-order valence-electron chi connectivity index (χ4n) is 3.34. The molecule has 1 aliphatic heterocycles. The number of hydrogen-bond donors (Lipinski definition) is 0. The van der Waals surface area contributed by atoms with Gasteiger partial charge in [0.2, 0.25) is 0 Å². The van der Waals surface area contributed by atoms with E-state index in [9.17, 15) is 8.78 Å². The monoisotopic (exact) mass is 426 g/mol. The molecule has 7 heteroatoms. The summed E-state index contributed by atoms with van der Waals surface area (Å²) < 4.78 is 44.3. The summed E-state index contributed by atoms with van der Waals surface area (Å²) in [6.07, 6.45) is 3.23. The van der Waals surface area contributed by atoms with Gasteiger partial charge >= 0.3 is 0 Å². The molecule has 0 amide bonds. The van der Waals surface area contributed by atoms with Crippen molar-refractivity contribution in [1.29, 1.82) is 0 Å². The van der Waals surface area contributed by atoms with Crippen molar-refractivity contribution in [3.8, 4) is 22.6 Å². The second-order valence-electron chi connectivity index (χ2n) is 7.23. The van der Waals surface area contributed by atoms with Gasteiger partial charge in [-0.25, -0.2) is 8.78 Å². The van der Waals surface area contributed by atoms with Gasteiger partial charge in [-0.3, -0.25) is 9.88 Å². The molecule has 1 saturated heterocycles. The molecule has 162 valence electrons. The molecule has 3 aromatic rings. The summed E-state index contributed by atoms with van der Waals surface area (Å²) in [5.74, 6) is -0.0277. The number of halogens is 2. The topological polar surface area (TPSA) is 43.8 Å². The minimum atomic E-state index is -0.631. The number of nitrogens with zero attached hydrogens (tertiary/aromatic N) is 2. The van der Waals surface area contributed by atoms with Crippen molar-refractivity contribution in [2.24, 2.45) is 0 Å². The minimum absolute atomic E-state index is 0.105. The normalized spacial score (nSPS) is 14.4. The largest absolute Gasteiger partial charge is 0.492 e. The van der Waals surface area contributed by atoms with Crippen molar-refractivity contribution in [2.45, 2.75) is 6.61 Å². The van der Waals surface area contributed by atoms with Crippen LogP contribution in [0.2, 0.25) is 0 Å². The van der Waals surface area contributed by atoms with Gasteiger partial charge < -0.3 is 14.2 Å². The molecule has 0 saturated carbocycles. The Morgan fingerprint density at radius 3 is 2.35 bits per heavy atom. The molecule has 0 bridgehead atoms. The van der Waals surface area contributed by atoms with Gasteiger partial charge in [0.15, 0.2) is 0 Å². The van der Waals surface area contributed by atoms with Crippen LogP contribution < -0.4 is 9.47 Å². The van der Waals surface area contributed by atoms with Gasteiger partial charge in [-0.1, -0.05) is 18.2 Å². The van der Waals surface area contributed by atoms with E-state index in [2.05, 4.69) is 9.88 Å². The van der Waals surface area contributed by atoms with Crippen LogP contribution in [0, 0.1) is 11.6 Å². The Balaban J connectivity index is 1.34. The quantitative estimate of drug-likeness (QED) is 0.537. The summed E-state index contributed by atoms with van der Waals surface area (Å²) in [7, 11) is 0. The van der Waals surface area contributed by atoms with Crippen LogP contribution in [-0.4, -0.2) is 49.3 Å². The van der Waals surface area contributed by atoms with E-state index in [4.69, 9.17) is 14.2 Å². The molecule has 0 N–H and O–H groups in total. The van der Waals surface area contributed by atoms with Gasteiger partial charge in [0, 0.05) is 31.4 Å². The maximum Gasteiger partial charge on any atom is 0.138 e. The fraction of sp³-hybridized carbons (Fsp3) is 0.292. The zero-order valence-corrected chi connectivity index (χ0v) is 17.1. The Hall–Kier alpha value is -3.03. The number of ether oxygens (including phenoxy) is 3. The van der Waals surface area contributed by atoms with Gasteiger partial charge in [0.05, 0.1) is 25.0 Å². The average Bonchev–Trinajstić information content (AvgIpc) is 2.80. The highest BCUT2D eigenvalue weighted by Crippen LogP contribution is 2.25. The van der Waals surface area contributed by atoms with Crippen molar-refractivity contribution in [2.75, 3.05) is 39.5 Å². The molecule has 0 atom stereocenters. The van der Waals surface area contributed by atoms with Crippen LogP contribution in [0.5, 0.6) is 11.5 Å². The smallest absolute Gasteiger partial charge is 0.138 e. The van der Waals surface area contributed by atoms with E-state index in [1.165, 1.54) is 24.4 Å². The molecule has 2 aromatic carbocycles. The number of aromatic nitrogens is 1. The van der Waals surface area contributed by atoms with E-state index in [-0.39, 0.29) is 12.2 Å². The zero-order chi connectivity index (χ0) is 21.5. The van der Waals surface area contributed by atoms with E-state index in [0.29, 0.717) is 12.4 Å². The van der Waals surface area contributed by atoms with E-state index in [1.54, 1.807) is 12.3 Å². The van der Waals surface area contributed by atoms with E-state index in [1.807, 2.05) is 24.3 Å². The third-order valence-electron chi connectivity index (χ3n) is 5.13. The van der Waals surface area contributed by atoms with Crippen LogP contribution in [0.4, 0.5) is 8.78 Å². The van der Waals surface area contributed by atoms with Gasteiger partial charge in [0.1, 0.15) is 36.3 Å². The van der Waals surface area contributed by atoms with Gasteiger partial charge in [-0.15, -0.1) is 0 Å². The highest BCUT2D eigenvalue weighted by atomic mass is 19.1. The predicted octanol–water partition coefficient (Wildman–Crippen LogP) is 4.32. The Morgan fingerprint density at radius 1 is 0.871 bits per heavy atom. The maximum absolute atomic E-state index is 13.8. The fourth-order valence-corrected chi connectivity index (χ4v) is 3.34. The molecule has 1 fully saturated rings. The molecule has 1 aliphatic rings. The number of pyridine rings is 1. The molecule has 4 rings (SSSR count). The summed E-state index contributed by atoms with van der Waals surface area (Å²) in [6, 6.07) is 13.3. The summed E-state index contributed by atoms with van der Waals surface area (Å²) in [6.45, 7) is 4.73. The summed E-state index contributed by atoms with van der Waals surface area (Å²) in [5, 5.41) is 0. The lowest BCUT2D eigenvalue weighted by molar-refractivity contribution is 0.0322. The first-order valence-corrected chi connectivity index (χ1v) is 10.2. The molecular weight excluding hydrogens is 402 g/mol. The maximum atomic E-state index is 13.8. The first-order chi connectivity index (χ1) is 15.2. The zero-order valence-electron chi connectivity index (χ0n) is 17.1. The molecule has 1 aromatic heterocycles. The number of benzene rings is 2. The summed E-state index contributed by atoms with van der Waals surface area (Å²) >= 11 is 0. The van der Waals surface area contributed by atoms with Gasteiger partial charge in [-0.2, -0.15) is 0 Å². The molecular formula is C24H24F2N2O3. The van der Waals surface area contributed by atoms with Crippen molar-refractivity contribution in [1.82, 2.24) is 9.88 Å². The van der Waals surface area contributed by atoms with Gasteiger partial charge in [0.25, 0.3) is 0 Å². The molecule has 2 heterocycles. The van der Waals surface area contributed by atoms with Crippen molar-refractivity contribution in [3.63, 3.8) is 0 Å². The Kier molecular flexibility index (Phi) is 7.07. The van der Waals surface area contributed by atoms with Gasteiger partial charge in [-0.05, 0) is 35.9 Å². The van der Waals surface area contributed by atoms with E-state index in [0.717, 1.165) is 49.7 Å². The highest BCUT2D eigenvalue weighted by Gasteiger charge is 2.11. The molecule has 0 aliphatic carbocycles. The second-order valence-corrected chi connectivity index (χ2v) is 7.23. The molecule has 31 heavy (non-hydrogen) atoms. The van der Waals surface area contributed by atoms with Crippen LogP contribution in [0.1, 0.15) is 5.56 Å². The van der Waals surface area contributed by atoms with Crippen LogP contribution in [-0.2, 0) is 11.3 Å². The standard InChI is InChI=1S/C24H24F2N2O3/c25-23-2-1-3-24(26)22(23)17-31-21-14-19(15-27-16-21)18-4-6-20(7-5-18)30-13-10-28-8-11-29-12-9-28/h1-7,14-16H,8-13,17H2. The van der Waals surface area contributed by atoms with Crippen LogP contribution in [0.25, 0.3) is 11.1 Å². The van der Waals surface area contributed by atoms with Crippen molar-refractivity contribution >= 4 is 0 Å². The van der Waals surface area contributed by atoms with Crippen molar-refractivity contribution < 1.29 is 23.0 Å². The predicted molar refractivity (Wildman–Crippen MR) is 113 cm³/mol. The number of hydrogen-bond acceptors (Lipinski definition) is 5. The third kappa shape index (κ3) is 5.77. The molecule has 0 spiro atoms. The van der Waals surface area contributed by atoms with Crippen LogP contribution in [0.3, 0.4) is 0 Å². The Labute approximate surface area is 180 Å². The lowest BCUT2D eigenvalue weighted by Gasteiger charge is -2.26. The first kappa shape index (κ1) is 21.2. The van der Waals surface area contributed by atoms with Crippen molar-refractivity contribution in [3.05, 3.63) is 78.1 Å². The average molecular weight is 426 g/mol. The summed E-state index contributed by atoms with van der Waals surface area (Å²) in [4.78, 5) is 6.50. The van der Waals surface area contributed by atoms with Crippen LogP contribution in [0.15, 0.2) is 60.9 Å². The first-order valence-electron chi connectivity index (χ1n) is 10.2.